The van der Waals surface area contributed by atoms with Crippen LogP contribution in [0.4, 0.5) is 4.39 Å². The molecule has 1 amide bonds. The van der Waals surface area contributed by atoms with Crippen molar-refractivity contribution in [2.24, 2.45) is 0 Å². The lowest BCUT2D eigenvalue weighted by Gasteiger charge is -2.14. The fraction of sp³-hybridized carbons (Fsp3) is 0.500. The van der Waals surface area contributed by atoms with E-state index in [0.717, 1.165) is 6.54 Å². The molecule has 0 bridgehead atoms. The third kappa shape index (κ3) is 4.87. The van der Waals surface area contributed by atoms with Gasteiger partial charge < -0.3 is 15.4 Å². The first-order valence-electron chi connectivity index (χ1n) is 6.50. The molecule has 5 heteroatoms. The lowest BCUT2D eigenvalue weighted by molar-refractivity contribution is -0.122. The predicted molar refractivity (Wildman–Crippen MR) is 72.7 cm³/mol. The minimum Gasteiger partial charge on any atom is -0.484 e. The van der Waals surface area contributed by atoms with Gasteiger partial charge in [0.1, 0.15) is 11.6 Å². The summed E-state index contributed by atoms with van der Waals surface area (Å²) >= 11 is 0. The fourth-order valence-corrected chi connectivity index (χ4v) is 1.76. The van der Waals surface area contributed by atoms with Gasteiger partial charge in [-0.25, -0.2) is 4.39 Å². The van der Waals surface area contributed by atoms with E-state index in [9.17, 15) is 9.18 Å². The van der Waals surface area contributed by atoms with Crippen LogP contribution in [-0.2, 0) is 4.79 Å². The van der Waals surface area contributed by atoms with Crippen molar-refractivity contribution >= 4 is 5.91 Å². The number of hydrogen-bond acceptors (Lipinski definition) is 3. The van der Waals surface area contributed by atoms with Crippen LogP contribution in [0.15, 0.2) is 18.2 Å². The number of likely N-dealkylation sites (N-methyl/N-ethyl adjacent to an activating group) is 1. The first kappa shape index (κ1) is 15.4. The highest BCUT2D eigenvalue weighted by Gasteiger charge is 2.11. The molecule has 0 aliphatic carbocycles. The number of carbonyl (C=O) groups is 1. The lowest BCUT2D eigenvalue weighted by atomic mass is 10.1. The van der Waals surface area contributed by atoms with Gasteiger partial charge in [0, 0.05) is 24.2 Å². The Bertz CT molecular complexity index is 424. The Labute approximate surface area is 113 Å². The van der Waals surface area contributed by atoms with E-state index in [2.05, 4.69) is 10.6 Å². The second-order valence-corrected chi connectivity index (χ2v) is 4.20. The zero-order valence-corrected chi connectivity index (χ0v) is 11.6. The van der Waals surface area contributed by atoms with E-state index < -0.39 is 0 Å². The van der Waals surface area contributed by atoms with E-state index in [0.29, 0.717) is 17.9 Å². The van der Waals surface area contributed by atoms with Crippen LogP contribution in [0.25, 0.3) is 0 Å². The van der Waals surface area contributed by atoms with Gasteiger partial charge in [-0.15, -0.1) is 0 Å². The molecule has 1 aromatic rings. The number of hydrogen-bond donors (Lipinski definition) is 2. The number of nitrogens with one attached hydrogen (secondary N) is 2. The van der Waals surface area contributed by atoms with Gasteiger partial charge in [-0.2, -0.15) is 0 Å². The van der Waals surface area contributed by atoms with Crippen LogP contribution in [0.3, 0.4) is 0 Å². The molecule has 0 saturated carbocycles. The van der Waals surface area contributed by atoms with Gasteiger partial charge >= 0.3 is 0 Å². The number of carbonyl (C=O) groups excluding carboxylic acids is 1. The Kier molecular flexibility index (Phi) is 6.29. The molecule has 0 heterocycles. The lowest BCUT2D eigenvalue weighted by Crippen LogP contribution is -2.28. The summed E-state index contributed by atoms with van der Waals surface area (Å²) in [6.45, 7) is 6.92. The molecule has 0 aliphatic heterocycles. The van der Waals surface area contributed by atoms with Gasteiger partial charge in [-0.1, -0.05) is 13.0 Å². The minimum atomic E-state index is -0.332. The molecule has 1 unspecified atom stereocenters. The van der Waals surface area contributed by atoms with Crippen molar-refractivity contribution < 1.29 is 13.9 Å². The summed E-state index contributed by atoms with van der Waals surface area (Å²) in [5, 5.41) is 5.75. The van der Waals surface area contributed by atoms with Gasteiger partial charge in [0.25, 0.3) is 5.91 Å². The van der Waals surface area contributed by atoms with Crippen molar-refractivity contribution in [2.75, 3.05) is 19.7 Å². The number of ether oxygens (including phenoxy) is 1. The topological polar surface area (TPSA) is 50.4 Å². The third-order valence-corrected chi connectivity index (χ3v) is 2.69. The van der Waals surface area contributed by atoms with Gasteiger partial charge in [0.2, 0.25) is 0 Å². The second kappa shape index (κ2) is 7.74. The highest BCUT2D eigenvalue weighted by atomic mass is 19.1. The van der Waals surface area contributed by atoms with Crippen molar-refractivity contribution in [1.29, 1.82) is 0 Å². The maximum Gasteiger partial charge on any atom is 0.257 e. The van der Waals surface area contributed by atoms with Crippen LogP contribution >= 0.6 is 0 Å². The molecule has 1 aromatic carbocycles. The van der Waals surface area contributed by atoms with Gasteiger partial charge in [-0.3, -0.25) is 4.79 Å². The third-order valence-electron chi connectivity index (χ3n) is 2.69. The van der Waals surface area contributed by atoms with Crippen molar-refractivity contribution in [3.63, 3.8) is 0 Å². The summed E-state index contributed by atoms with van der Waals surface area (Å²) < 4.78 is 19.1. The molecule has 0 spiro atoms. The maximum atomic E-state index is 13.9. The van der Waals surface area contributed by atoms with Crippen molar-refractivity contribution in [2.45, 2.75) is 26.8 Å². The molecule has 0 radical (unpaired) electrons. The predicted octanol–water partition coefficient (Wildman–Crippen LogP) is 2.01. The largest absolute Gasteiger partial charge is 0.484 e. The van der Waals surface area contributed by atoms with Gasteiger partial charge in [-0.05, 0) is 26.5 Å². The smallest absolute Gasteiger partial charge is 0.257 e. The minimum absolute atomic E-state index is 0.0533. The van der Waals surface area contributed by atoms with Crippen LogP contribution in [0.2, 0.25) is 0 Å². The SMILES string of the molecule is CCNC(=O)COc1ccc(C(C)NCC)c(F)c1. The number of benzene rings is 1. The van der Waals surface area contributed by atoms with Crippen LogP contribution in [-0.4, -0.2) is 25.6 Å². The van der Waals surface area contributed by atoms with Crippen LogP contribution in [0.1, 0.15) is 32.4 Å². The molecule has 1 rings (SSSR count). The standard InChI is InChI=1S/C14H21FN2O2/c1-4-16-10(3)12-7-6-11(8-13(12)15)19-9-14(18)17-5-2/h6-8,10,16H,4-5,9H2,1-3H3,(H,17,18). The highest BCUT2D eigenvalue weighted by molar-refractivity contribution is 5.77. The quantitative estimate of drug-likeness (QED) is 0.795. The zero-order chi connectivity index (χ0) is 14.3. The second-order valence-electron chi connectivity index (χ2n) is 4.20. The van der Waals surface area contributed by atoms with E-state index in [1.54, 1.807) is 12.1 Å². The summed E-state index contributed by atoms with van der Waals surface area (Å²) in [7, 11) is 0. The summed E-state index contributed by atoms with van der Waals surface area (Å²) in [4.78, 5) is 11.2. The Morgan fingerprint density at radius 2 is 2.11 bits per heavy atom. The molecule has 0 saturated heterocycles. The molecular formula is C14H21FN2O2. The van der Waals surface area contributed by atoms with Crippen LogP contribution < -0.4 is 15.4 Å². The monoisotopic (exact) mass is 268 g/mol. The van der Waals surface area contributed by atoms with Crippen molar-refractivity contribution in [3.05, 3.63) is 29.6 Å². The maximum absolute atomic E-state index is 13.9. The molecule has 1 atom stereocenters. The first-order valence-corrected chi connectivity index (χ1v) is 6.50. The Balaban J connectivity index is 2.63. The average molecular weight is 268 g/mol. The summed E-state index contributed by atoms with van der Waals surface area (Å²) in [6, 6.07) is 4.60. The Morgan fingerprint density at radius 3 is 2.68 bits per heavy atom. The molecule has 106 valence electrons. The molecule has 0 aliphatic rings. The Hall–Kier alpha value is -1.62. The van der Waals surface area contributed by atoms with E-state index in [1.807, 2.05) is 20.8 Å². The van der Waals surface area contributed by atoms with E-state index in [4.69, 9.17) is 4.74 Å². The summed E-state index contributed by atoms with van der Waals surface area (Å²) in [5.41, 5.74) is 0.590. The molecule has 0 aromatic heterocycles. The molecular weight excluding hydrogens is 247 g/mol. The summed E-state index contributed by atoms with van der Waals surface area (Å²) in [6.07, 6.45) is 0. The highest BCUT2D eigenvalue weighted by Crippen LogP contribution is 2.21. The fourth-order valence-electron chi connectivity index (χ4n) is 1.76. The van der Waals surface area contributed by atoms with Gasteiger partial charge in [0.15, 0.2) is 6.61 Å². The average Bonchev–Trinajstić information content (AvgIpc) is 2.37. The molecule has 19 heavy (non-hydrogen) atoms. The van der Waals surface area contributed by atoms with E-state index >= 15 is 0 Å². The number of amides is 1. The number of halogens is 1. The zero-order valence-electron chi connectivity index (χ0n) is 11.6. The normalized spacial score (nSPS) is 12.0. The van der Waals surface area contributed by atoms with E-state index in [1.165, 1.54) is 6.07 Å². The van der Waals surface area contributed by atoms with Crippen molar-refractivity contribution in [3.8, 4) is 5.75 Å². The van der Waals surface area contributed by atoms with E-state index in [-0.39, 0.29) is 24.4 Å². The Morgan fingerprint density at radius 1 is 1.37 bits per heavy atom. The number of rotatable bonds is 7. The van der Waals surface area contributed by atoms with Crippen LogP contribution in [0.5, 0.6) is 5.75 Å². The summed E-state index contributed by atoms with van der Waals surface area (Å²) in [5.74, 6) is -0.189. The molecule has 2 N–H and O–H groups in total. The first-order chi connectivity index (χ1) is 9.08. The van der Waals surface area contributed by atoms with Crippen molar-refractivity contribution in [1.82, 2.24) is 10.6 Å². The molecule has 4 nitrogen and oxygen atoms in total. The molecule has 0 fully saturated rings. The van der Waals surface area contributed by atoms with Crippen LogP contribution in [0, 0.1) is 5.82 Å². The van der Waals surface area contributed by atoms with Gasteiger partial charge in [0.05, 0.1) is 0 Å².